The van der Waals surface area contributed by atoms with Crippen LogP contribution in [0.4, 0.5) is 11.5 Å². The van der Waals surface area contributed by atoms with E-state index >= 15 is 0 Å². The first-order chi connectivity index (χ1) is 15.0. The van der Waals surface area contributed by atoms with Crippen LogP contribution in [0.3, 0.4) is 0 Å². The second kappa shape index (κ2) is 7.71. The van der Waals surface area contributed by atoms with E-state index in [-0.39, 0.29) is 11.7 Å². The minimum Gasteiger partial charge on any atom is -0.343 e. The second-order valence-electron chi connectivity index (χ2n) is 7.93. The molecule has 6 nitrogen and oxygen atoms in total. The first kappa shape index (κ1) is 19.6. The quantitative estimate of drug-likeness (QED) is 0.602. The number of anilines is 2. The topological polar surface area (TPSA) is 76.0 Å². The van der Waals surface area contributed by atoms with E-state index in [0.717, 1.165) is 35.4 Å². The molecule has 2 heterocycles. The fraction of sp³-hybridized carbons (Fsp3) is 0.208. The summed E-state index contributed by atoms with van der Waals surface area (Å²) in [6, 6.07) is 14.7. The van der Waals surface area contributed by atoms with Crippen molar-refractivity contribution in [1.82, 2.24) is 9.78 Å². The molecule has 1 unspecified atom stereocenters. The van der Waals surface area contributed by atoms with Crippen LogP contribution in [0.2, 0.25) is 5.02 Å². The Morgan fingerprint density at radius 1 is 1.19 bits per heavy atom. The average Bonchev–Trinajstić information content (AvgIpc) is 3.16. The van der Waals surface area contributed by atoms with Crippen molar-refractivity contribution in [3.63, 3.8) is 0 Å². The van der Waals surface area contributed by atoms with Gasteiger partial charge in [0, 0.05) is 28.4 Å². The number of hydrogen-bond donors (Lipinski definition) is 2. The molecule has 3 aromatic rings. The highest BCUT2D eigenvalue weighted by atomic mass is 35.5. The number of fused-ring (bicyclic) bond motifs is 1. The number of nitrogens with zero attached hydrogens (tertiary/aromatic N) is 2. The van der Waals surface area contributed by atoms with Crippen molar-refractivity contribution in [1.29, 1.82) is 0 Å². The number of amides is 1. The summed E-state index contributed by atoms with van der Waals surface area (Å²) in [4.78, 5) is 25.9. The Hall–Kier alpha value is -3.38. The third-order valence-electron chi connectivity index (χ3n) is 5.72. The maximum Gasteiger partial charge on any atom is 0.261 e. The first-order valence-electron chi connectivity index (χ1n) is 10.3. The highest BCUT2D eigenvalue weighted by Gasteiger charge is 2.37. The standard InChI is InChI=1S/C24H21ClN4O2/c1-14-5-2-8-17(11-14)27-24(31)18-13-26-29-22(15-6-3-7-16(25)12-15)21-19(28-23(18)29)9-4-10-20(21)30/h2-3,5-8,11-13,22,28H,4,9-10H2,1H3,(H,27,31). The predicted octanol–water partition coefficient (Wildman–Crippen LogP) is 5.12. The summed E-state index contributed by atoms with van der Waals surface area (Å²) in [5.41, 5.74) is 4.64. The summed E-state index contributed by atoms with van der Waals surface area (Å²) in [5.74, 6) is 0.435. The van der Waals surface area contributed by atoms with Gasteiger partial charge in [0.15, 0.2) is 5.78 Å². The zero-order valence-electron chi connectivity index (χ0n) is 17.0. The largest absolute Gasteiger partial charge is 0.343 e. The molecule has 1 amide bonds. The van der Waals surface area contributed by atoms with Gasteiger partial charge >= 0.3 is 0 Å². The third kappa shape index (κ3) is 3.53. The number of aromatic nitrogens is 2. The highest BCUT2D eigenvalue weighted by Crippen LogP contribution is 2.42. The molecule has 2 aromatic carbocycles. The predicted molar refractivity (Wildman–Crippen MR) is 120 cm³/mol. The number of benzene rings is 2. The molecule has 5 rings (SSSR count). The molecule has 1 aliphatic carbocycles. The van der Waals surface area contributed by atoms with Crippen molar-refractivity contribution >= 4 is 34.8 Å². The lowest BCUT2D eigenvalue weighted by Crippen LogP contribution is -2.32. The molecule has 2 N–H and O–H groups in total. The van der Waals surface area contributed by atoms with Crippen molar-refractivity contribution in [2.24, 2.45) is 0 Å². The maximum absolute atomic E-state index is 13.1. The summed E-state index contributed by atoms with van der Waals surface area (Å²) < 4.78 is 1.72. The van der Waals surface area contributed by atoms with Crippen molar-refractivity contribution in [3.05, 3.63) is 87.7 Å². The molecule has 7 heteroatoms. The summed E-state index contributed by atoms with van der Waals surface area (Å²) >= 11 is 6.25. The Morgan fingerprint density at radius 3 is 2.84 bits per heavy atom. The van der Waals surface area contributed by atoms with Crippen LogP contribution in [0, 0.1) is 6.92 Å². The van der Waals surface area contributed by atoms with Gasteiger partial charge in [-0.05, 0) is 55.2 Å². The summed E-state index contributed by atoms with van der Waals surface area (Å²) in [7, 11) is 0. The van der Waals surface area contributed by atoms with Crippen LogP contribution in [-0.2, 0) is 4.79 Å². The Labute approximate surface area is 184 Å². The number of rotatable bonds is 3. The number of Topliss-reactive ketones (excluding diaryl/α,β-unsaturated/α-hetero) is 1. The molecule has 1 atom stereocenters. The number of allylic oxidation sites excluding steroid dienone is 2. The zero-order chi connectivity index (χ0) is 21.5. The van der Waals surface area contributed by atoms with E-state index < -0.39 is 6.04 Å². The van der Waals surface area contributed by atoms with E-state index in [1.54, 1.807) is 16.9 Å². The molecule has 1 aliphatic heterocycles. The fourth-order valence-electron chi connectivity index (χ4n) is 4.33. The molecule has 1 aromatic heterocycles. The van der Waals surface area contributed by atoms with E-state index in [1.807, 2.05) is 49.4 Å². The van der Waals surface area contributed by atoms with Gasteiger partial charge in [-0.1, -0.05) is 35.9 Å². The Balaban J connectivity index is 1.58. The Bertz CT molecular complexity index is 1240. The number of aryl methyl sites for hydroxylation is 1. The minimum absolute atomic E-state index is 0.102. The van der Waals surface area contributed by atoms with Gasteiger partial charge in [0.1, 0.15) is 17.4 Å². The molecule has 0 saturated carbocycles. The van der Waals surface area contributed by atoms with Gasteiger partial charge in [-0.3, -0.25) is 9.59 Å². The summed E-state index contributed by atoms with van der Waals surface area (Å²) in [5, 5.41) is 11.4. The van der Waals surface area contributed by atoms with Crippen LogP contribution in [-0.4, -0.2) is 21.5 Å². The Morgan fingerprint density at radius 2 is 2.03 bits per heavy atom. The molecule has 0 fully saturated rings. The first-order valence-corrected chi connectivity index (χ1v) is 10.6. The number of carbonyl (C=O) groups excluding carboxylic acids is 2. The number of carbonyl (C=O) groups is 2. The SMILES string of the molecule is Cc1cccc(NC(=O)c2cnn3c2NC2=C(C(=O)CCC2)C3c2cccc(Cl)c2)c1. The average molecular weight is 433 g/mol. The van der Waals surface area contributed by atoms with E-state index in [0.29, 0.717) is 28.4 Å². The lowest BCUT2D eigenvalue weighted by molar-refractivity contribution is -0.116. The van der Waals surface area contributed by atoms with Crippen LogP contribution in [0.5, 0.6) is 0 Å². The highest BCUT2D eigenvalue weighted by molar-refractivity contribution is 6.30. The molecular formula is C24H21ClN4O2. The van der Waals surface area contributed by atoms with Gasteiger partial charge in [0.25, 0.3) is 5.91 Å². The van der Waals surface area contributed by atoms with Crippen LogP contribution in [0.15, 0.2) is 66.0 Å². The monoisotopic (exact) mass is 432 g/mol. The lowest BCUT2D eigenvalue weighted by Gasteiger charge is -2.33. The van der Waals surface area contributed by atoms with Gasteiger partial charge in [0.05, 0.1) is 6.20 Å². The van der Waals surface area contributed by atoms with Crippen molar-refractivity contribution in [2.45, 2.75) is 32.2 Å². The third-order valence-corrected chi connectivity index (χ3v) is 5.96. The maximum atomic E-state index is 13.1. The molecule has 0 radical (unpaired) electrons. The number of ketones is 1. The van der Waals surface area contributed by atoms with E-state index in [1.165, 1.54) is 0 Å². The molecule has 31 heavy (non-hydrogen) atoms. The fourth-order valence-corrected chi connectivity index (χ4v) is 4.53. The van der Waals surface area contributed by atoms with Gasteiger partial charge in [0.2, 0.25) is 0 Å². The summed E-state index contributed by atoms with van der Waals surface area (Å²) in [6.45, 7) is 1.97. The second-order valence-corrected chi connectivity index (χ2v) is 8.36. The molecule has 0 spiro atoms. The Kier molecular flexibility index (Phi) is 4.87. The molecule has 0 bridgehead atoms. The smallest absolute Gasteiger partial charge is 0.261 e. The van der Waals surface area contributed by atoms with Crippen molar-refractivity contribution in [3.8, 4) is 0 Å². The van der Waals surface area contributed by atoms with Crippen molar-refractivity contribution < 1.29 is 9.59 Å². The van der Waals surface area contributed by atoms with Gasteiger partial charge in [-0.15, -0.1) is 0 Å². The van der Waals surface area contributed by atoms with Gasteiger partial charge < -0.3 is 10.6 Å². The van der Waals surface area contributed by atoms with Crippen LogP contribution in [0.25, 0.3) is 0 Å². The number of hydrogen-bond acceptors (Lipinski definition) is 4. The molecular weight excluding hydrogens is 412 g/mol. The number of nitrogens with one attached hydrogen (secondary N) is 2. The molecule has 2 aliphatic rings. The lowest BCUT2D eigenvalue weighted by atomic mass is 9.85. The van der Waals surface area contributed by atoms with Gasteiger partial charge in [-0.25, -0.2) is 4.68 Å². The van der Waals surface area contributed by atoms with E-state index in [2.05, 4.69) is 15.7 Å². The van der Waals surface area contributed by atoms with E-state index in [4.69, 9.17) is 11.6 Å². The van der Waals surface area contributed by atoms with E-state index in [9.17, 15) is 9.59 Å². The van der Waals surface area contributed by atoms with Gasteiger partial charge in [-0.2, -0.15) is 5.10 Å². The van der Waals surface area contributed by atoms with Crippen LogP contribution >= 0.6 is 11.6 Å². The normalized spacial score (nSPS) is 17.6. The summed E-state index contributed by atoms with van der Waals surface area (Å²) in [6.07, 6.45) is 3.59. The minimum atomic E-state index is -0.418. The molecule has 156 valence electrons. The van der Waals surface area contributed by atoms with Crippen LogP contribution in [0.1, 0.15) is 46.8 Å². The molecule has 0 saturated heterocycles. The van der Waals surface area contributed by atoms with Crippen LogP contribution < -0.4 is 10.6 Å². The zero-order valence-corrected chi connectivity index (χ0v) is 17.7. The number of halogens is 1. The van der Waals surface area contributed by atoms with Crippen molar-refractivity contribution in [2.75, 3.05) is 10.6 Å².